The quantitative estimate of drug-likeness (QED) is 0.508. The first-order valence-electron chi connectivity index (χ1n) is 10.0. The lowest BCUT2D eigenvalue weighted by atomic mass is 9.88. The second kappa shape index (κ2) is 8.93. The van der Waals surface area contributed by atoms with Crippen molar-refractivity contribution in [2.45, 2.75) is 25.3 Å². The van der Waals surface area contributed by atoms with Crippen LogP contribution in [0.5, 0.6) is 0 Å². The molecule has 0 aliphatic carbocycles. The Morgan fingerprint density at radius 2 is 1.89 bits per heavy atom. The van der Waals surface area contributed by atoms with Gasteiger partial charge in [0.1, 0.15) is 0 Å². The lowest BCUT2D eigenvalue weighted by Crippen LogP contribution is -2.40. The van der Waals surface area contributed by atoms with Crippen LogP contribution < -0.4 is 5.32 Å². The first-order chi connectivity index (χ1) is 13.7. The number of rotatable bonds is 5. The number of esters is 1. The Morgan fingerprint density at radius 3 is 2.50 bits per heavy atom. The lowest BCUT2D eigenvalue weighted by molar-refractivity contribution is -0.147. The van der Waals surface area contributed by atoms with Crippen molar-refractivity contribution in [2.24, 2.45) is 5.92 Å². The molecule has 2 aliphatic rings. The van der Waals surface area contributed by atoms with E-state index in [4.69, 9.17) is 4.74 Å². The van der Waals surface area contributed by atoms with Crippen molar-refractivity contribution < 1.29 is 9.53 Å². The number of likely N-dealkylation sites (tertiary alicyclic amines) is 1. The third kappa shape index (κ3) is 4.26. The van der Waals surface area contributed by atoms with E-state index in [1.165, 1.54) is 32.9 Å². The van der Waals surface area contributed by atoms with Crippen LogP contribution in [0, 0.1) is 9.49 Å². The summed E-state index contributed by atoms with van der Waals surface area (Å²) in [5, 5.41) is 3.39. The first kappa shape index (κ1) is 19.9. The molecule has 0 saturated carbocycles. The fraction of sp³-hybridized carbons (Fsp3) is 0.435. The molecule has 0 atom stereocenters. The Labute approximate surface area is 180 Å². The monoisotopic (exact) mass is 490 g/mol. The van der Waals surface area contributed by atoms with Gasteiger partial charge in [-0.25, -0.2) is 0 Å². The number of methoxy groups -OCH3 is 1. The highest BCUT2D eigenvalue weighted by Gasteiger charge is 2.27. The van der Waals surface area contributed by atoms with Crippen molar-refractivity contribution in [3.8, 4) is 11.1 Å². The molecule has 0 unspecified atom stereocenters. The van der Waals surface area contributed by atoms with Gasteiger partial charge in [0.05, 0.1) is 13.0 Å². The molecule has 1 N–H and O–H groups in total. The number of carbonyl (C=O) groups is 1. The summed E-state index contributed by atoms with van der Waals surface area (Å²) in [4.78, 5) is 14.3. The average Bonchev–Trinajstić information content (AvgIpc) is 2.69. The molecule has 2 fully saturated rings. The highest BCUT2D eigenvalue weighted by atomic mass is 127. The second-order valence-corrected chi connectivity index (χ2v) is 8.99. The van der Waals surface area contributed by atoms with Gasteiger partial charge in [0, 0.05) is 29.1 Å². The van der Waals surface area contributed by atoms with Gasteiger partial charge in [-0.1, -0.05) is 36.4 Å². The molecule has 4 rings (SSSR count). The molecule has 28 heavy (non-hydrogen) atoms. The van der Waals surface area contributed by atoms with Gasteiger partial charge in [-0.15, -0.1) is 0 Å². The molecule has 0 aromatic heterocycles. The molecule has 2 heterocycles. The van der Waals surface area contributed by atoms with Crippen LogP contribution in [0.15, 0.2) is 42.5 Å². The van der Waals surface area contributed by atoms with E-state index in [2.05, 4.69) is 75.3 Å². The van der Waals surface area contributed by atoms with Crippen molar-refractivity contribution >= 4 is 28.6 Å². The molecular formula is C23H27IN2O2. The van der Waals surface area contributed by atoms with Crippen molar-refractivity contribution in [3.05, 3.63) is 57.2 Å². The number of nitrogens with one attached hydrogen (secondary N) is 1. The van der Waals surface area contributed by atoms with Crippen molar-refractivity contribution in [3.63, 3.8) is 0 Å². The summed E-state index contributed by atoms with van der Waals surface area (Å²) in [6.07, 6.45) is 1.77. The number of halogens is 1. The van der Waals surface area contributed by atoms with Gasteiger partial charge in [-0.3, -0.25) is 9.69 Å². The van der Waals surface area contributed by atoms with Crippen molar-refractivity contribution in [1.29, 1.82) is 0 Å². The number of hydrogen-bond donors (Lipinski definition) is 1. The first-order valence-corrected chi connectivity index (χ1v) is 11.1. The second-order valence-electron chi connectivity index (χ2n) is 7.82. The predicted molar refractivity (Wildman–Crippen MR) is 120 cm³/mol. The molecule has 0 radical (unpaired) electrons. The minimum absolute atomic E-state index is 0.0577. The molecular weight excluding hydrogens is 463 g/mol. The van der Waals surface area contributed by atoms with Gasteiger partial charge in [0.25, 0.3) is 0 Å². The van der Waals surface area contributed by atoms with Gasteiger partial charge in [0.15, 0.2) is 0 Å². The molecule has 5 heteroatoms. The Bertz CT molecular complexity index is 828. The zero-order chi connectivity index (χ0) is 19.5. The summed E-state index contributed by atoms with van der Waals surface area (Å²) in [5.74, 6) is 0.626. The minimum atomic E-state index is -0.0577. The summed E-state index contributed by atoms with van der Waals surface area (Å²) in [6, 6.07) is 15.5. The maximum absolute atomic E-state index is 11.8. The highest BCUT2D eigenvalue weighted by Crippen LogP contribution is 2.34. The summed E-state index contributed by atoms with van der Waals surface area (Å²) in [5.41, 5.74) is 5.48. The summed E-state index contributed by atoms with van der Waals surface area (Å²) >= 11 is 2.51. The topological polar surface area (TPSA) is 41.6 Å². The van der Waals surface area contributed by atoms with E-state index in [0.29, 0.717) is 5.92 Å². The maximum atomic E-state index is 11.8. The van der Waals surface area contributed by atoms with E-state index < -0.39 is 0 Å². The SMILES string of the molecule is COC(=O)C1CCN(Cc2c(I)cc(C3CNC3)cc2-c2ccccc2)CC1. The van der Waals surface area contributed by atoms with E-state index in [0.717, 1.165) is 45.6 Å². The molecule has 2 aliphatic heterocycles. The smallest absolute Gasteiger partial charge is 0.308 e. The number of carbonyl (C=O) groups excluding carboxylic acids is 1. The van der Waals surface area contributed by atoms with Crippen LogP contribution >= 0.6 is 22.6 Å². The molecule has 0 amide bonds. The van der Waals surface area contributed by atoms with Crippen LogP contribution in [0.2, 0.25) is 0 Å². The summed E-state index contributed by atoms with van der Waals surface area (Å²) in [7, 11) is 1.49. The van der Waals surface area contributed by atoms with E-state index in [9.17, 15) is 4.79 Å². The molecule has 0 bridgehead atoms. The van der Waals surface area contributed by atoms with Gasteiger partial charge < -0.3 is 10.1 Å². The zero-order valence-corrected chi connectivity index (χ0v) is 18.4. The van der Waals surface area contributed by atoms with Crippen LogP contribution in [0.1, 0.15) is 29.9 Å². The third-order valence-electron chi connectivity index (χ3n) is 6.06. The molecule has 0 spiro atoms. The summed E-state index contributed by atoms with van der Waals surface area (Å²) < 4.78 is 6.27. The van der Waals surface area contributed by atoms with Gasteiger partial charge in [-0.2, -0.15) is 0 Å². The number of benzene rings is 2. The molecule has 2 saturated heterocycles. The standard InChI is InChI=1S/C23H27IN2O2/c1-28-23(27)17-7-9-26(10-8-17)15-21-20(16-5-3-2-4-6-16)11-18(12-22(21)24)19-13-25-14-19/h2-6,11-12,17,19,25H,7-10,13-15H2,1H3. The van der Waals surface area contributed by atoms with Crippen molar-refractivity contribution in [2.75, 3.05) is 33.3 Å². The Balaban J connectivity index is 1.58. The maximum Gasteiger partial charge on any atom is 0.308 e. The molecule has 2 aromatic carbocycles. The predicted octanol–water partition coefficient (Wildman–Crippen LogP) is 4.03. The highest BCUT2D eigenvalue weighted by molar-refractivity contribution is 14.1. The van der Waals surface area contributed by atoms with E-state index in [1.807, 2.05) is 0 Å². The normalized spacial score (nSPS) is 18.6. The van der Waals surface area contributed by atoms with Crippen LogP contribution in [0.4, 0.5) is 0 Å². The van der Waals surface area contributed by atoms with Crippen LogP contribution in [-0.2, 0) is 16.1 Å². The van der Waals surface area contributed by atoms with Crippen LogP contribution in [0.3, 0.4) is 0 Å². The fourth-order valence-electron chi connectivity index (χ4n) is 4.17. The number of nitrogens with zero attached hydrogens (tertiary/aromatic N) is 1. The molecule has 148 valence electrons. The van der Waals surface area contributed by atoms with E-state index >= 15 is 0 Å². The lowest BCUT2D eigenvalue weighted by Gasteiger charge is -2.32. The number of hydrogen-bond acceptors (Lipinski definition) is 4. The fourth-order valence-corrected chi connectivity index (χ4v) is 4.99. The van der Waals surface area contributed by atoms with Gasteiger partial charge in [0.2, 0.25) is 0 Å². The summed E-state index contributed by atoms with van der Waals surface area (Å²) in [6.45, 7) is 4.96. The third-order valence-corrected chi connectivity index (χ3v) is 7.02. The largest absolute Gasteiger partial charge is 0.469 e. The zero-order valence-electron chi connectivity index (χ0n) is 16.3. The van der Waals surface area contributed by atoms with Crippen molar-refractivity contribution in [1.82, 2.24) is 10.2 Å². The van der Waals surface area contributed by atoms with Crippen LogP contribution in [0.25, 0.3) is 11.1 Å². The van der Waals surface area contributed by atoms with Crippen LogP contribution in [-0.4, -0.2) is 44.2 Å². The molecule has 2 aromatic rings. The number of ether oxygens (including phenoxy) is 1. The van der Waals surface area contributed by atoms with E-state index in [1.54, 1.807) is 0 Å². The average molecular weight is 490 g/mol. The Morgan fingerprint density at radius 1 is 1.18 bits per heavy atom. The Kier molecular flexibility index (Phi) is 6.33. The van der Waals surface area contributed by atoms with E-state index in [-0.39, 0.29) is 11.9 Å². The number of piperidine rings is 1. The van der Waals surface area contributed by atoms with Gasteiger partial charge >= 0.3 is 5.97 Å². The molecule has 4 nitrogen and oxygen atoms in total. The Hall–Kier alpha value is -1.44. The minimum Gasteiger partial charge on any atom is -0.469 e. The van der Waals surface area contributed by atoms with Gasteiger partial charge in [-0.05, 0) is 76.8 Å².